The minimum atomic E-state index is -1.31. The van der Waals surface area contributed by atoms with Crippen molar-refractivity contribution in [3.05, 3.63) is 0 Å². The molecule has 0 fully saturated rings. The van der Waals surface area contributed by atoms with Crippen molar-refractivity contribution >= 4 is 23.5 Å². The molecule has 6 nitrogen and oxygen atoms in total. The van der Waals surface area contributed by atoms with Crippen LogP contribution in [0.4, 0.5) is 0 Å². The molecule has 0 saturated heterocycles. The van der Waals surface area contributed by atoms with Crippen molar-refractivity contribution in [2.75, 3.05) is 0 Å². The van der Waals surface area contributed by atoms with Crippen LogP contribution in [0.25, 0.3) is 0 Å². The molecule has 10 heavy (non-hydrogen) atoms. The summed E-state index contributed by atoms with van der Waals surface area (Å²) in [5.74, 6) is -2.62. The molecule has 0 bridgehead atoms. The molecule has 0 radical (unpaired) electrons. The van der Waals surface area contributed by atoms with Gasteiger partial charge in [0.25, 0.3) is 0 Å². The molecule has 0 aliphatic rings. The van der Waals surface area contributed by atoms with Gasteiger partial charge in [-0.15, -0.1) is 0 Å². The van der Waals surface area contributed by atoms with Crippen LogP contribution in [0.1, 0.15) is 6.42 Å². The third-order valence-electron chi connectivity index (χ3n) is 0.302. The molecule has 0 aliphatic heterocycles. The van der Waals surface area contributed by atoms with Crippen molar-refractivity contribution < 1.29 is 28.2 Å². The lowest BCUT2D eigenvalue weighted by molar-refractivity contribution is -0.147. The Labute approximate surface area is 59.1 Å². The lowest BCUT2D eigenvalue weighted by atomic mass is 10.5. The molecule has 0 heterocycles. The number of carbonyl (C=O) groups is 2. The molecule has 0 aliphatic carbocycles. The molecule has 7 heteroatoms. The molecular formula is C3H5O6S-. The monoisotopic (exact) mass is 169 g/mol. The van der Waals surface area contributed by atoms with Gasteiger partial charge in [-0.05, 0) is 0 Å². The highest BCUT2D eigenvalue weighted by Crippen LogP contribution is 1.74. The number of rotatable bonds is 2. The second-order valence-electron chi connectivity index (χ2n) is 1.04. The van der Waals surface area contributed by atoms with Gasteiger partial charge in [0.2, 0.25) is 0 Å². The van der Waals surface area contributed by atoms with E-state index in [4.69, 9.17) is 18.6 Å². The molecule has 60 valence electrons. The zero-order valence-corrected chi connectivity index (χ0v) is 5.58. The highest BCUT2D eigenvalue weighted by atomic mass is 32.1. The van der Waals surface area contributed by atoms with Gasteiger partial charge in [0.15, 0.2) is 0 Å². The Kier molecular flexibility index (Phi) is 9.20. The molecule has 0 aromatic heterocycles. The van der Waals surface area contributed by atoms with Gasteiger partial charge in [-0.2, -0.15) is 0 Å². The number of aliphatic carboxylic acids is 2. The molecule has 0 atom stereocenters. The maximum Gasteiger partial charge on any atom is 0.314 e. The van der Waals surface area contributed by atoms with Crippen LogP contribution in [0, 0.1) is 0 Å². The first-order valence-electron chi connectivity index (χ1n) is 1.93. The van der Waals surface area contributed by atoms with Crippen LogP contribution >= 0.6 is 0 Å². The minimum Gasteiger partial charge on any atom is -0.481 e. The Balaban J connectivity index is 0. The third-order valence-corrected chi connectivity index (χ3v) is 0.302. The summed E-state index contributed by atoms with van der Waals surface area (Å²) in [6.45, 7) is 0. The van der Waals surface area contributed by atoms with Gasteiger partial charge in [-0.3, -0.25) is 9.59 Å². The molecular weight excluding hydrogens is 164 g/mol. The smallest absolute Gasteiger partial charge is 0.314 e. The first kappa shape index (κ1) is 11.7. The molecule has 0 rings (SSSR count). The fourth-order valence-corrected chi connectivity index (χ4v) is 0.129. The van der Waals surface area contributed by atoms with Gasteiger partial charge in [0.1, 0.15) is 6.42 Å². The second-order valence-corrected chi connectivity index (χ2v) is 1.19. The minimum absolute atomic E-state index is 0.806. The second kappa shape index (κ2) is 7.89. The third kappa shape index (κ3) is 28.6. The highest BCUT2D eigenvalue weighted by molar-refractivity contribution is 7.51. The Morgan fingerprint density at radius 1 is 1.10 bits per heavy atom. The molecule has 2 N–H and O–H groups in total. The van der Waals surface area contributed by atoms with E-state index in [2.05, 4.69) is 0 Å². The van der Waals surface area contributed by atoms with Crippen LogP contribution in [0.2, 0.25) is 0 Å². The molecule has 0 aromatic rings. The number of hydrogen-bond acceptors (Lipinski definition) is 5. The first-order valence-corrected chi connectivity index (χ1v) is 2.66. The van der Waals surface area contributed by atoms with Crippen LogP contribution in [0.5, 0.6) is 0 Å². The topological polar surface area (TPSA) is 109 Å². The largest absolute Gasteiger partial charge is 0.481 e. The SMILES string of the molecule is O=C(O)CC(=O)O.O=[SH-]=O. The molecule has 0 amide bonds. The summed E-state index contributed by atoms with van der Waals surface area (Å²) < 4.78 is 16.7. The molecule has 0 spiro atoms. The maximum absolute atomic E-state index is 9.43. The maximum atomic E-state index is 9.43. The fraction of sp³-hybridized carbons (Fsp3) is 0.333. The van der Waals surface area contributed by atoms with Crippen LogP contribution in [-0.2, 0) is 29.6 Å². The summed E-state index contributed by atoms with van der Waals surface area (Å²) in [4.78, 5) is 18.9. The predicted octanol–water partition coefficient (Wildman–Crippen LogP) is -0.962. The standard InChI is InChI=1S/C3H4O4.HO2S/c4-2(5)1-3(6)7;1-3-2/h1H2,(H,4,5)(H,6,7);3H/q;-1. The summed E-state index contributed by atoms with van der Waals surface area (Å²) >= 11 is -1.08. The van der Waals surface area contributed by atoms with Gasteiger partial charge < -0.3 is 18.6 Å². The normalized spacial score (nSPS) is 7.20. The van der Waals surface area contributed by atoms with Crippen LogP contribution in [0.15, 0.2) is 0 Å². The van der Waals surface area contributed by atoms with Crippen molar-refractivity contribution in [2.45, 2.75) is 6.42 Å². The average molecular weight is 169 g/mol. The Bertz CT molecular complexity index is 144. The fourth-order valence-electron chi connectivity index (χ4n) is 0.129. The Morgan fingerprint density at radius 2 is 1.30 bits per heavy atom. The van der Waals surface area contributed by atoms with Crippen molar-refractivity contribution in [1.82, 2.24) is 0 Å². The molecule has 0 saturated carbocycles. The van der Waals surface area contributed by atoms with E-state index in [1.54, 1.807) is 0 Å². The van der Waals surface area contributed by atoms with E-state index in [0.717, 1.165) is 0 Å². The quantitative estimate of drug-likeness (QED) is 0.313. The lowest BCUT2D eigenvalue weighted by Gasteiger charge is -1.80. The van der Waals surface area contributed by atoms with E-state index in [-0.39, 0.29) is 0 Å². The number of thiol groups is 1. The van der Waals surface area contributed by atoms with E-state index in [9.17, 15) is 9.59 Å². The van der Waals surface area contributed by atoms with Gasteiger partial charge in [-0.1, -0.05) is 11.6 Å². The van der Waals surface area contributed by atoms with Gasteiger partial charge >= 0.3 is 11.9 Å². The van der Waals surface area contributed by atoms with E-state index >= 15 is 0 Å². The van der Waals surface area contributed by atoms with Crippen LogP contribution in [-0.4, -0.2) is 22.2 Å². The van der Waals surface area contributed by atoms with Crippen LogP contribution in [0.3, 0.4) is 0 Å². The van der Waals surface area contributed by atoms with Crippen molar-refractivity contribution in [3.8, 4) is 0 Å². The molecule has 0 aromatic carbocycles. The zero-order chi connectivity index (χ0) is 8.57. The Morgan fingerprint density at radius 3 is 1.30 bits per heavy atom. The lowest BCUT2D eigenvalue weighted by Crippen LogP contribution is -2.03. The van der Waals surface area contributed by atoms with E-state index in [0.29, 0.717) is 0 Å². The number of carboxylic acids is 2. The van der Waals surface area contributed by atoms with Crippen molar-refractivity contribution in [2.24, 2.45) is 0 Å². The number of carboxylic acid groups (broad SMARTS) is 2. The highest BCUT2D eigenvalue weighted by Gasteiger charge is 2.01. The van der Waals surface area contributed by atoms with E-state index in [1.165, 1.54) is 0 Å². The summed E-state index contributed by atoms with van der Waals surface area (Å²) in [5, 5.41) is 15.4. The van der Waals surface area contributed by atoms with E-state index in [1.807, 2.05) is 0 Å². The number of hydrogen-bond donors (Lipinski definition) is 2. The summed E-state index contributed by atoms with van der Waals surface area (Å²) in [7, 11) is 0. The Hall–Kier alpha value is -1.11. The van der Waals surface area contributed by atoms with Crippen LogP contribution < -0.4 is 0 Å². The zero-order valence-electron chi connectivity index (χ0n) is 4.68. The summed E-state index contributed by atoms with van der Waals surface area (Å²) in [6.07, 6.45) is -0.806. The van der Waals surface area contributed by atoms with Gasteiger partial charge in [0.05, 0.1) is 0 Å². The van der Waals surface area contributed by atoms with Gasteiger partial charge in [0, 0.05) is 0 Å². The predicted molar refractivity (Wildman–Crippen MR) is 30.0 cm³/mol. The molecule has 0 unspecified atom stereocenters. The average Bonchev–Trinajstić information content (AvgIpc) is 1.62. The first-order chi connectivity index (χ1) is 4.54. The van der Waals surface area contributed by atoms with Crippen molar-refractivity contribution in [1.29, 1.82) is 0 Å². The summed E-state index contributed by atoms with van der Waals surface area (Å²) in [5.41, 5.74) is 0. The van der Waals surface area contributed by atoms with Gasteiger partial charge in [-0.25, -0.2) is 0 Å². The van der Waals surface area contributed by atoms with E-state index < -0.39 is 29.9 Å². The van der Waals surface area contributed by atoms with Crippen molar-refractivity contribution in [3.63, 3.8) is 0 Å². The summed E-state index contributed by atoms with van der Waals surface area (Å²) in [6, 6.07) is 0.